The number of fused-ring (bicyclic) bond motifs is 1. The van der Waals surface area contributed by atoms with E-state index in [9.17, 15) is 9.59 Å². The minimum atomic E-state index is -0.141. The fraction of sp³-hybridized carbons (Fsp3) is 0.0909. The molecular weight excluding hydrogens is 402 g/mol. The first-order chi connectivity index (χ1) is 14.1. The van der Waals surface area contributed by atoms with Gasteiger partial charge in [0.15, 0.2) is 5.78 Å². The van der Waals surface area contributed by atoms with Gasteiger partial charge in [-0.2, -0.15) is 0 Å². The molecule has 2 aromatic carbocycles. The monoisotopic (exact) mass is 419 g/mol. The number of Topliss-reactive ketones (excluding diaryl/α,β-unsaturated/α-hetero) is 1. The van der Waals surface area contributed by atoms with E-state index in [1.54, 1.807) is 41.9 Å². The van der Waals surface area contributed by atoms with Crippen molar-refractivity contribution >= 4 is 50.7 Å². The molecule has 4 rings (SSSR count). The van der Waals surface area contributed by atoms with Crippen LogP contribution in [-0.2, 0) is 4.79 Å². The van der Waals surface area contributed by atoms with Crippen LogP contribution >= 0.6 is 23.1 Å². The molecule has 0 saturated heterocycles. The molecule has 4 aromatic rings. The Bertz CT molecular complexity index is 1170. The van der Waals surface area contributed by atoms with E-state index in [1.807, 2.05) is 18.2 Å². The number of aromatic nitrogens is 2. The highest BCUT2D eigenvalue weighted by atomic mass is 32.2. The minimum Gasteiger partial charge on any atom is -0.326 e. The molecule has 2 aromatic heterocycles. The maximum atomic E-state index is 12.6. The van der Waals surface area contributed by atoms with E-state index in [2.05, 4.69) is 33.5 Å². The molecule has 0 aliphatic heterocycles. The van der Waals surface area contributed by atoms with Crippen molar-refractivity contribution in [2.24, 2.45) is 0 Å². The van der Waals surface area contributed by atoms with E-state index in [1.165, 1.54) is 18.7 Å². The summed E-state index contributed by atoms with van der Waals surface area (Å²) in [6.07, 6.45) is 1.54. The Hall–Kier alpha value is -3.03. The van der Waals surface area contributed by atoms with E-state index < -0.39 is 0 Å². The van der Waals surface area contributed by atoms with Gasteiger partial charge in [0.05, 0.1) is 5.75 Å². The number of carbonyl (C=O) groups is 2. The Kier molecular flexibility index (Phi) is 5.69. The number of carbonyl (C=O) groups excluding carboxylic acids is 2. The number of benzene rings is 2. The first-order valence-electron chi connectivity index (χ1n) is 8.94. The number of rotatable bonds is 6. The van der Waals surface area contributed by atoms with Gasteiger partial charge in [0.25, 0.3) is 0 Å². The molecule has 29 heavy (non-hydrogen) atoms. The quantitative estimate of drug-likeness (QED) is 0.261. The third-order valence-corrected chi connectivity index (χ3v) is 6.32. The largest absolute Gasteiger partial charge is 0.326 e. The predicted octanol–water partition coefficient (Wildman–Crippen LogP) is 5.29. The summed E-state index contributed by atoms with van der Waals surface area (Å²) < 4.78 is 0. The number of nitrogens with one attached hydrogen (secondary N) is 1. The molecule has 5 nitrogen and oxygen atoms in total. The van der Waals surface area contributed by atoms with Crippen LogP contribution in [0, 0.1) is 0 Å². The molecule has 144 valence electrons. The zero-order valence-electron chi connectivity index (χ0n) is 15.6. The molecule has 0 radical (unpaired) electrons. The van der Waals surface area contributed by atoms with Crippen LogP contribution in [0.5, 0.6) is 0 Å². The van der Waals surface area contributed by atoms with Crippen molar-refractivity contribution < 1.29 is 9.59 Å². The molecule has 7 heteroatoms. The summed E-state index contributed by atoms with van der Waals surface area (Å²) >= 11 is 3.03. The Morgan fingerprint density at radius 2 is 1.79 bits per heavy atom. The second kappa shape index (κ2) is 8.55. The van der Waals surface area contributed by atoms with Gasteiger partial charge in [-0.1, -0.05) is 42.1 Å². The first kappa shape index (κ1) is 19.3. The number of thioether (sulfide) groups is 1. The molecule has 1 amide bonds. The van der Waals surface area contributed by atoms with E-state index in [0.29, 0.717) is 11.3 Å². The van der Waals surface area contributed by atoms with Gasteiger partial charge in [0.2, 0.25) is 5.91 Å². The maximum absolute atomic E-state index is 12.6. The molecule has 0 atom stereocenters. The highest BCUT2D eigenvalue weighted by Crippen LogP contribution is 2.36. The van der Waals surface area contributed by atoms with E-state index >= 15 is 0 Å². The summed E-state index contributed by atoms with van der Waals surface area (Å²) in [5, 5.41) is 4.46. The average Bonchev–Trinajstić information content (AvgIpc) is 3.18. The fourth-order valence-corrected chi connectivity index (χ4v) is 4.79. The SMILES string of the molecule is CC(=O)Nc1ccc(C(=O)CSc2ncnc3sc(-c4ccccc4)cc23)cc1. The van der Waals surface area contributed by atoms with Crippen LogP contribution < -0.4 is 5.32 Å². The Morgan fingerprint density at radius 3 is 2.52 bits per heavy atom. The number of ketones is 1. The second-order valence-electron chi connectivity index (χ2n) is 6.34. The van der Waals surface area contributed by atoms with Crippen LogP contribution in [0.25, 0.3) is 20.7 Å². The zero-order chi connectivity index (χ0) is 20.2. The summed E-state index contributed by atoms with van der Waals surface area (Å²) in [7, 11) is 0. The topological polar surface area (TPSA) is 72.0 Å². The van der Waals surface area contributed by atoms with Gasteiger partial charge in [-0.3, -0.25) is 9.59 Å². The van der Waals surface area contributed by atoms with Crippen molar-refractivity contribution in [3.8, 4) is 10.4 Å². The van der Waals surface area contributed by atoms with Gasteiger partial charge < -0.3 is 5.32 Å². The summed E-state index contributed by atoms with van der Waals surface area (Å²) in [5.41, 5.74) is 2.42. The highest BCUT2D eigenvalue weighted by molar-refractivity contribution is 8.00. The van der Waals surface area contributed by atoms with Gasteiger partial charge in [-0.05, 0) is 35.9 Å². The first-order valence-corrected chi connectivity index (χ1v) is 10.7. The highest BCUT2D eigenvalue weighted by Gasteiger charge is 2.13. The van der Waals surface area contributed by atoms with Gasteiger partial charge in [-0.15, -0.1) is 11.3 Å². The van der Waals surface area contributed by atoms with Crippen LogP contribution in [0.15, 0.2) is 72.0 Å². The summed E-state index contributed by atoms with van der Waals surface area (Å²) in [6.45, 7) is 1.45. The van der Waals surface area contributed by atoms with Crippen LogP contribution in [0.1, 0.15) is 17.3 Å². The molecule has 0 aliphatic carbocycles. The van der Waals surface area contributed by atoms with Crippen LogP contribution in [0.2, 0.25) is 0 Å². The smallest absolute Gasteiger partial charge is 0.221 e. The van der Waals surface area contributed by atoms with E-state index in [-0.39, 0.29) is 17.4 Å². The van der Waals surface area contributed by atoms with Crippen molar-refractivity contribution in [1.82, 2.24) is 9.97 Å². The number of anilines is 1. The van der Waals surface area contributed by atoms with Crippen LogP contribution in [0.3, 0.4) is 0 Å². The summed E-state index contributed by atoms with van der Waals surface area (Å²) in [5.74, 6) is 0.148. The lowest BCUT2D eigenvalue weighted by atomic mass is 10.1. The Labute approximate surface area is 176 Å². The lowest BCUT2D eigenvalue weighted by molar-refractivity contribution is -0.114. The van der Waals surface area contributed by atoms with E-state index in [0.717, 1.165) is 25.7 Å². The second-order valence-corrected chi connectivity index (χ2v) is 8.34. The number of nitrogens with zero attached hydrogens (tertiary/aromatic N) is 2. The molecule has 2 heterocycles. The molecular formula is C22H17N3O2S2. The summed E-state index contributed by atoms with van der Waals surface area (Å²) in [6, 6.07) is 19.1. The molecule has 1 N–H and O–H groups in total. The predicted molar refractivity (Wildman–Crippen MR) is 119 cm³/mol. The standard InChI is InChI=1S/C22H17N3O2S2/c1-14(26)25-17-9-7-15(8-10-17)19(27)12-28-21-18-11-20(16-5-3-2-4-6-16)29-22(18)24-13-23-21/h2-11,13H,12H2,1H3,(H,25,26). The van der Waals surface area contributed by atoms with Gasteiger partial charge in [0, 0.05) is 28.4 Å². The molecule has 0 fully saturated rings. The average molecular weight is 420 g/mol. The molecule has 0 saturated carbocycles. The van der Waals surface area contributed by atoms with Crippen molar-refractivity contribution in [3.05, 3.63) is 72.6 Å². The molecule has 0 spiro atoms. The third-order valence-electron chi connectivity index (χ3n) is 4.22. The number of hydrogen-bond acceptors (Lipinski definition) is 6. The van der Waals surface area contributed by atoms with Crippen molar-refractivity contribution in [2.75, 3.05) is 11.1 Å². The molecule has 0 unspecified atom stereocenters. The van der Waals surface area contributed by atoms with Crippen molar-refractivity contribution in [3.63, 3.8) is 0 Å². The summed E-state index contributed by atoms with van der Waals surface area (Å²) in [4.78, 5) is 34.5. The third kappa shape index (κ3) is 4.52. The Morgan fingerprint density at radius 1 is 1.03 bits per heavy atom. The molecule has 0 bridgehead atoms. The van der Waals surface area contributed by atoms with Crippen molar-refractivity contribution in [1.29, 1.82) is 0 Å². The number of thiophene rings is 1. The zero-order valence-corrected chi connectivity index (χ0v) is 17.2. The fourth-order valence-electron chi connectivity index (χ4n) is 2.85. The van der Waals surface area contributed by atoms with Gasteiger partial charge in [0.1, 0.15) is 16.2 Å². The lowest BCUT2D eigenvalue weighted by Crippen LogP contribution is -2.07. The van der Waals surface area contributed by atoms with E-state index in [4.69, 9.17) is 0 Å². The van der Waals surface area contributed by atoms with Crippen LogP contribution in [-0.4, -0.2) is 27.4 Å². The lowest BCUT2D eigenvalue weighted by Gasteiger charge is -2.04. The minimum absolute atomic E-state index is 0.00893. The van der Waals surface area contributed by atoms with Gasteiger partial charge in [-0.25, -0.2) is 9.97 Å². The number of amides is 1. The normalized spacial score (nSPS) is 10.8. The van der Waals surface area contributed by atoms with Crippen LogP contribution in [0.4, 0.5) is 5.69 Å². The van der Waals surface area contributed by atoms with Crippen molar-refractivity contribution in [2.45, 2.75) is 11.9 Å². The maximum Gasteiger partial charge on any atom is 0.221 e. The number of hydrogen-bond donors (Lipinski definition) is 1. The Balaban J connectivity index is 1.50. The van der Waals surface area contributed by atoms with Gasteiger partial charge >= 0.3 is 0 Å². The molecule has 0 aliphatic rings.